The lowest BCUT2D eigenvalue weighted by atomic mass is 9.87. The van der Waals surface area contributed by atoms with Crippen molar-refractivity contribution in [2.24, 2.45) is 0 Å². The number of carbonyl (C=O) groups is 1. The molecule has 2 heterocycles. The van der Waals surface area contributed by atoms with Gasteiger partial charge in [0.1, 0.15) is 7.11 Å². The van der Waals surface area contributed by atoms with Gasteiger partial charge in [0.25, 0.3) is 11.5 Å². The van der Waals surface area contributed by atoms with Crippen molar-refractivity contribution < 1.29 is 9.63 Å². The summed E-state index contributed by atoms with van der Waals surface area (Å²) in [7, 11) is 1.45. The first kappa shape index (κ1) is 25.8. The molecule has 0 aliphatic carbocycles. The molecule has 0 radical (unpaired) electrons. The average Bonchev–Trinajstić information content (AvgIpc) is 2.86. The van der Waals surface area contributed by atoms with Gasteiger partial charge in [0, 0.05) is 23.6 Å². The van der Waals surface area contributed by atoms with Crippen LogP contribution in [0.5, 0.6) is 0 Å². The van der Waals surface area contributed by atoms with Crippen LogP contribution in [0.15, 0.2) is 29.1 Å². The number of hydrogen-bond acceptors (Lipinski definition) is 5. The maximum atomic E-state index is 13.4. The maximum Gasteiger partial charge on any atom is 0.293 e. The molecule has 7 nitrogen and oxygen atoms in total. The molecule has 1 aliphatic rings. The number of aromatic nitrogens is 2. The first-order valence-electron chi connectivity index (χ1n) is 12.1. The van der Waals surface area contributed by atoms with Gasteiger partial charge >= 0.3 is 0 Å². The molecule has 1 N–H and O–H groups in total. The van der Waals surface area contributed by atoms with Crippen molar-refractivity contribution in [1.82, 2.24) is 14.6 Å². The zero-order chi connectivity index (χ0) is 26.3. The summed E-state index contributed by atoms with van der Waals surface area (Å²) < 4.78 is 1.18. The van der Waals surface area contributed by atoms with Gasteiger partial charge in [-0.1, -0.05) is 11.6 Å². The minimum absolute atomic E-state index is 0.0964. The third kappa shape index (κ3) is 4.48. The van der Waals surface area contributed by atoms with E-state index in [2.05, 4.69) is 46.9 Å². The Hall–Kier alpha value is -3.32. The van der Waals surface area contributed by atoms with Gasteiger partial charge in [0.15, 0.2) is 0 Å². The van der Waals surface area contributed by atoms with Crippen LogP contribution in [0.4, 0.5) is 5.95 Å². The van der Waals surface area contributed by atoms with Gasteiger partial charge < -0.3 is 15.1 Å². The van der Waals surface area contributed by atoms with E-state index < -0.39 is 0 Å². The van der Waals surface area contributed by atoms with E-state index in [1.165, 1.54) is 45.2 Å². The van der Waals surface area contributed by atoms with Crippen molar-refractivity contribution in [2.75, 3.05) is 19.0 Å². The van der Waals surface area contributed by atoms with Crippen molar-refractivity contribution >= 4 is 23.5 Å². The molecule has 1 unspecified atom stereocenters. The predicted molar refractivity (Wildman–Crippen MR) is 143 cm³/mol. The lowest BCUT2D eigenvalue weighted by Gasteiger charge is -2.29. The molecule has 1 aromatic heterocycles. The van der Waals surface area contributed by atoms with E-state index in [0.29, 0.717) is 40.8 Å². The van der Waals surface area contributed by atoms with E-state index in [1.807, 2.05) is 0 Å². The lowest BCUT2D eigenvalue weighted by molar-refractivity contribution is 0.0728. The molecule has 8 heteroatoms. The molecule has 2 aromatic carbocycles. The summed E-state index contributed by atoms with van der Waals surface area (Å²) in [6.45, 7) is 13.4. The number of fused-ring (bicyclic) bond motifs is 1. The summed E-state index contributed by atoms with van der Waals surface area (Å²) in [5.41, 5.74) is 8.90. The van der Waals surface area contributed by atoms with Crippen molar-refractivity contribution in [3.63, 3.8) is 0 Å². The van der Waals surface area contributed by atoms with Crippen molar-refractivity contribution in [2.45, 2.75) is 60.5 Å². The summed E-state index contributed by atoms with van der Waals surface area (Å²) >= 11 is 5.96. The third-order valence-electron chi connectivity index (χ3n) is 7.59. The first-order valence-corrected chi connectivity index (χ1v) is 12.5. The Bertz CT molecular complexity index is 1370. The Kier molecular flexibility index (Phi) is 7.14. The molecule has 190 valence electrons. The summed E-state index contributed by atoms with van der Waals surface area (Å²) in [4.78, 5) is 38.3. The second-order valence-corrected chi connectivity index (χ2v) is 9.97. The second-order valence-electron chi connectivity index (χ2n) is 9.53. The van der Waals surface area contributed by atoms with E-state index in [0.717, 1.165) is 0 Å². The van der Waals surface area contributed by atoms with E-state index in [1.54, 1.807) is 29.2 Å². The van der Waals surface area contributed by atoms with Gasteiger partial charge in [-0.15, -0.1) is 4.73 Å². The normalized spacial score (nSPS) is 13.8. The molecule has 0 spiro atoms. The van der Waals surface area contributed by atoms with Gasteiger partial charge in [0.05, 0.1) is 23.8 Å². The standard InChI is InChI=1S/C28H33ClN4O3/c1-15-16(2)18(4)25(19(5)17(15)3)20(6)30-28-31-24-12-13-32(14-23(24)27(35)33(28)36-7)26(34)21-8-10-22(29)11-9-21/h8-11,20H,12-14H2,1-7H3,(H,30,31). The Morgan fingerprint density at radius 3 is 2.19 bits per heavy atom. The topological polar surface area (TPSA) is 76.5 Å². The Labute approximate surface area is 217 Å². The number of nitrogens with zero attached hydrogens (tertiary/aromatic N) is 3. The molecule has 3 aromatic rings. The van der Waals surface area contributed by atoms with Crippen LogP contribution in [0.2, 0.25) is 5.02 Å². The molecule has 1 atom stereocenters. The fraction of sp³-hybridized carbons (Fsp3) is 0.393. The summed E-state index contributed by atoms with van der Waals surface area (Å²) in [6.07, 6.45) is 0.484. The lowest BCUT2D eigenvalue weighted by Crippen LogP contribution is -2.42. The van der Waals surface area contributed by atoms with Crippen LogP contribution >= 0.6 is 11.6 Å². The zero-order valence-corrected chi connectivity index (χ0v) is 22.7. The summed E-state index contributed by atoms with van der Waals surface area (Å²) in [5.74, 6) is 0.216. The molecule has 1 amide bonds. The average molecular weight is 509 g/mol. The van der Waals surface area contributed by atoms with Crippen LogP contribution in [-0.4, -0.2) is 34.2 Å². The summed E-state index contributed by atoms with van der Waals surface area (Å²) in [5, 5.41) is 3.99. The number of rotatable bonds is 5. The fourth-order valence-electron chi connectivity index (χ4n) is 5.11. The van der Waals surface area contributed by atoms with Gasteiger partial charge in [-0.2, -0.15) is 0 Å². The largest absolute Gasteiger partial charge is 0.411 e. The molecule has 4 rings (SSSR count). The van der Waals surface area contributed by atoms with Crippen LogP contribution in [-0.2, 0) is 13.0 Å². The number of halogens is 1. The van der Waals surface area contributed by atoms with Crippen molar-refractivity contribution in [3.8, 4) is 0 Å². The Balaban J connectivity index is 1.66. The smallest absolute Gasteiger partial charge is 0.293 e. The molecule has 0 saturated heterocycles. The van der Waals surface area contributed by atoms with Crippen molar-refractivity contribution in [3.05, 3.63) is 89.8 Å². The third-order valence-corrected chi connectivity index (χ3v) is 7.84. The minimum atomic E-state index is -0.310. The Morgan fingerprint density at radius 2 is 1.61 bits per heavy atom. The monoisotopic (exact) mass is 508 g/mol. The first-order chi connectivity index (χ1) is 17.0. The maximum absolute atomic E-state index is 13.4. The molecule has 0 fully saturated rings. The van der Waals surface area contributed by atoms with E-state index in [-0.39, 0.29) is 24.1 Å². The highest BCUT2D eigenvalue weighted by molar-refractivity contribution is 6.30. The van der Waals surface area contributed by atoms with Gasteiger partial charge in [-0.05, 0) is 99.2 Å². The van der Waals surface area contributed by atoms with Gasteiger partial charge in [-0.3, -0.25) is 9.59 Å². The van der Waals surface area contributed by atoms with E-state index >= 15 is 0 Å². The molecule has 36 heavy (non-hydrogen) atoms. The highest BCUT2D eigenvalue weighted by Crippen LogP contribution is 2.32. The summed E-state index contributed by atoms with van der Waals surface area (Å²) in [6, 6.07) is 6.66. The zero-order valence-electron chi connectivity index (χ0n) is 22.0. The quantitative estimate of drug-likeness (QED) is 0.532. The van der Waals surface area contributed by atoms with Crippen LogP contribution in [0.1, 0.15) is 68.0 Å². The Morgan fingerprint density at radius 1 is 1.03 bits per heavy atom. The SMILES string of the molecule is COn1c(NC(C)c2c(C)c(C)c(C)c(C)c2C)nc2c(c1=O)CN(C(=O)c1ccc(Cl)cc1)CC2. The van der Waals surface area contributed by atoms with Crippen LogP contribution < -0.4 is 15.7 Å². The molecule has 0 saturated carbocycles. The number of nitrogens with one attached hydrogen (secondary N) is 1. The molecular formula is C28H33ClN4O3. The highest BCUT2D eigenvalue weighted by atomic mass is 35.5. The second kappa shape index (κ2) is 9.97. The van der Waals surface area contributed by atoms with E-state index in [4.69, 9.17) is 21.4 Å². The predicted octanol–water partition coefficient (Wildman–Crippen LogP) is 4.87. The number of anilines is 1. The number of hydrogen-bond donors (Lipinski definition) is 1. The van der Waals surface area contributed by atoms with Crippen LogP contribution in [0.3, 0.4) is 0 Å². The minimum Gasteiger partial charge on any atom is -0.411 e. The fourth-order valence-corrected chi connectivity index (χ4v) is 5.24. The van der Waals surface area contributed by atoms with Crippen LogP contribution in [0.25, 0.3) is 0 Å². The number of amides is 1. The molecular weight excluding hydrogens is 476 g/mol. The highest BCUT2D eigenvalue weighted by Gasteiger charge is 2.28. The van der Waals surface area contributed by atoms with Gasteiger partial charge in [-0.25, -0.2) is 4.98 Å². The van der Waals surface area contributed by atoms with Crippen LogP contribution in [0, 0.1) is 34.6 Å². The number of benzene rings is 2. The van der Waals surface area contributed by atoms with Gasteiger partial charge in [0.2, 0.25) is 5.95 Å². The van der Waals surface area contributed by atoms with E-state index in [9.17, 15) is 9.59 Å². The molecule has 0 bridgehead atoms. The number of carbonyl (C=O) groups excluding carboxylic acids is 1. The van der Waals surface area contributed by atoms with Crippen molar-refractivity contribution in [1.29, 1.82) is 0 Å². The molecule has 1 aliphatic heterocycles.